The standard InChI is InChI=1S/C22H24N2O/c25-22(12-9-16-5-2-1-3-6-16)21-8-4-7-20(24-21)17-10-11-19-18(15-17)13-14-23-19/h4,7-8,10-11,13-16,23H,1-3,5-6,9,12H2. The lowest BCUT2D eigenvalue weighted by Crippen LogP contribution is -2.10. The second kappa shape index (κ2) is 7.22. The van der Waals surface area contributed by atoms with Crippen LogP contribution in [-0.4, -0.2) is 15.8 Å². The molecule has 1 aliphatic carbocycles. The molecule has 1 saturated carbocycles. The first-order chi connectivity index (χ1) is 12.3. The smallest absolute Gasteiger partial charge is 0.181 e. The van der Waals surface area contributed by atoms with Gasteiger partial charge in [-0.3, -0.25) is 4.79 Å². The molecular weight excluding hydrogens is 308 g/mol. The van der Waals surface area contributed by atoms with Gasteiger partial charge in [-0.05, 0) is 42.7 Å². The Morgan fingerprint density at radius 2 is 1.96 bits per heavy atom. The van der Waals surface area contributed by atoms with Crippen molar-refractivity contribution in [2.75, 3.05) is 0 Å². The maximum Gasteiger partial charge on any atom is 0.181 e. The number of pyridine rings is 1. The highest BCUT2D eigenvalue weighted by atomic mass is 16.1. The van der Waals surface area contributed by atoms with Gasteiger partial charge in [-0.15, -0.1) is 0 Å². The van der Waals surface area contributed by atoms with E-state index in [0.29, 0.717) is 12.1 Å². The van der Waals surface area contributed by atoms with Gasteiger partial charge < -0.3 is 4.98 Å². The Labute approximate surface area is 148 Å². The summed E-state index contributed by atoms with van der Waals surface area (Å²) in [7, 11) is 0. The van der Waals surface area contributed by atoms with E-state index >= 15 is 0 Å². The summed E-state index contributed by atoms with van der Waals surface area (Å²) >= 11 is 0. The van der Waals surface area contributed by atoms with Crippen LogP contribution in [0.15, 0.2) is 48.7 Å². The number of aromatic amines is 1. The zero-order valence-corrected chi connectivity index (χ0v) is 14.5. The molecule has 25 heavy (non-hydrogen) atoms. The van der Waals surface area contributed by atoms with E-state index in [2.05, 4.69) is 34.2 Å². The molecule has 0 saturated heterocycles. The first-order valence-corrected chi connectivity index (χ1v) is 9.37. The lowest BCUT2D eigenvalue weighted by molar-refractivity contribution is 0.0965. The first-order valence-electron chi connectivity index (χ1n) is 9.37. The van der Waals surface area contributed by atoms with Crippen molar-refractivity contribution in [2.24, 2.45) is 5.92 Å². The number of rotatable bonds is 5. The number of nitrogens with zero attached hydrogens (tertiary/aromatic N) is 1. The maximum atomic E-state index is 12.6. The maximum absolute atomic E-state index is 12.6. The van der Waals surface area contributed by atoms with Crippen molar-refractivity contribution in [3.05, 3.63) is 54.4 Å². The zero-order valence-electron chi connectivity index (χ0n) is 14.5. The molecule has 2 aromatic heterocycles. The Balaban J connectivity index is 1.49. The van der Waals surface area contributed by atoms with Gasteiger partial charge in [-0.25, -0.2) is 4.98 Å². The predicted octanol–water partition coefficient (Wildman–Crippen LogP) is 5.77. The van der Waals surface area contributed by atoms with Gasteiger partial charge in [0.2, 0.25) is 0 Å². The summed E-state index contributed by atoms with van der Waals surface area (Å²) in [6.07, 6.45) is 10.2. The molecule has 3 nitrogen and oxygen atoms in total. The summed E-state index contributed by atoms with van der Waals surface area (Å²) in [5.74, 6) is 0.909. The molecule has 0 atom stereocenters. The Morgan fingerprint density at radius 1 is 1.08 bits per heavy atom. The van der Waals surface area contributed by atoms with Crippen LogP contribution in [0.3, 0.4) is 0 Å². The minimum Gasteiger partial charge on any atom is -0.361 e. The van der Waals surface area contributed by atoms with Gasteiger partial charge in [0.05, 0.1) is 5.69 Å². The number of carbonyl (C=O) groups excluding carboxylic acids is 1. The van der Waals surface area contributed by atoms with Gasteiger partial charge in [0.15, 0.2) is 5.78 Å². The van der Waals surface area contributed by atoms with Crippen LogP contribution in [0.4, 0.5) is 0 Å². The summed E-state index contributed by atoms with van der Waals surface area (Å²) in [6, 6.07) is 14.1. The highest BCUT2D eigenvalue weighted by Crippen LogP contribution is 2.28. The first kappa shape index (κ1) is 16.1. The van der Waals surface area contributed by atoms with Crippen molar-refractivity contribution in [1.29, 1.82) is 0 Å². The molecule has 0 spiro atoms. The average Bonchev–Trinajstić information content (AvgIpc) is 3.15. The van der Waals surface area contributed by atoms with Gasteiger partial charge in [0.25, 0.3) is 0 Å². The number of ketones is 1. The Kier molecular flexibility index (Phi) is 4.64. The monoisotopic (exact) mass is 332 g/mol. The van der Waals surface area contributed by atoms with Crippen molar-refractivity contribution >= 4 is 16.7 Å². The molecule has 0 amide bonds. The lowest BCUT2D eigenvalue weighted by atomic mass is 9.85. The zero-order chi connectivity index (χ0) is 17.1. The normalized spacial score (nSPS) is 15.5. The van der Waals surface area contributed by atoms with Crippen molar-refractivity contribution in [3.8, 4) is 11.3 Å². The second-order valence-corrected chi connectivity index (χ2v) is 7.15. The van der Waals surface area contributed by atoms with E-state index in [0.717, 1.165) is 34.5 Å². The minimum atomic E-state index is 0.176. The highest BCUT2D eigenvalue weighted by molar-refractivity contribution is 5.95. The highest BCUT2D eigenvalue weighted by Gasteiger charge is 2.16. The molecule has 2 heterocycles. The van der Waals surface area contributed by atoms with E-state index in [-0.39, 0.29) is 5.78 Å². The number of hydrogen-bond donors (Lipinski definition) is 1. The van der Waals surface area contributed by atoms with Gasteiger partial charge in [0, 0.05) is 29.1 Å². The van der Waals surface area contributed by atoms with E-state index in [1.54, 1.807) is 0 Å². The van der Waals surface area contributed by atoms with Gasteiger partial charge in [-0.1, -0.05) is 44.2 Å². The molecule has 0 unspecified atom stereocenters. The summed E-state index contributed by atoms with van der Waals surface area (Å²) in [5.41, 5.74) is 3.63. The third-order valence-electron chi connectivity index (χ3n) is 5.39. The largest absolute Gasteiger partial charge is 0.361 e. The fourth-order valence-electron chi connectivity index (χ4n) is 3.90. The average molecular weight is 332 g/mol. The Hall–Kier alpha value is -2.42. The van der Waals surface area contributed by atoms with Crippen molar-refractivity contribution in [1.82, 2.24) is 9.97 Å². The Morgan fingerprint density at radius 3 is 2.84 bits per heavy atom. The molecule has 4 rings (SSSR count). The quantitative estimate of drug-likeness (QED) is 0.603. The third kappa shape index (κ3) is 3.65. The number of hydrogen-bond acceptors (Lipinski definition) is 2. The molecule has 3 heteroatoms. The van der Waals surface area contributed by atoms with Crippen LogP contribution in [0.1, 0.15) is 55.4 Å². The fraction of sp³-hybridized carbons (Fsp3) is 0.364. The molecule has 128 valence electrons. The molecule has 0 bridgehead atoms. The SMILES string of the molecule is O=C(CCC1CCCCC1)c1cccc(-c2ccc3[nH]ccc3c2)n1. The topological polar surface area (TPSA) is 45.8 Å². The fourth-order valence-corrected chi connectivity index (χ4v) is 3.90. The van der Waals surface area contributed by atoms with Crippen LogP contribution >= 0.6 is 0 Å². The molecule has 0 aliphatic heterocycles. The summed E-state index contributed by atoms with van der Waals surface area (Å²) < 4.78 is 0. The summed E-state index contributed by atoms with van der Waals surface area (Å²) in [5, 5.41) is 1.16. The minimum absolute atomic E-state index is 0.176. The molecule has 0 radical (unpaired) electrons. The van der Waals surface area contributed by atoms with Gasteiger partial charge >= 0.3 is 0 Å². The third-order valence-corrected chi connectivity index (χ3v) is 5.39. The number of aromatic nitrogens is 2. The molecule has 1 N–H and O–H groups in total. The molecule has 1 aliphatic rings. The van der Waals surface area contributed by atoms with E-state index < -0.39 is 0 Å². The van der Waals surface area contributed by atoms with Gasteiger partial charge in [-0.2, -0.15) is 0 Å². The van der Waals surface area contributed by atoms with Gasteiger partial charge in [0.1, 0.15) is 5.69 Å². The number of fused-ring (bicyclic) bond motifs is 1. The number of nitrogens with one attached hydrogen (secondary N) is 1. The lowest BCUT2D eigenvalue weighted by Gasteiger charge is -2.20. The van der Waals surface area contributed by atoms with E-state index in [4.69, 9.17) is 0 Å². The van der Waals surface area contributed by atoms with Crippen molar-refractivity contribution in [2.45, 2.75) is 44.9 Å². The van der Waals surface area contributed by atoms with Crippen LogP contribution in [-0.2, 0) is 0 Å². The predicted molar refractivity (Wildman–Crippen MR) is 102 cm³/mol. The van der Waals surface area contributed by atoms with Crippen LogP contribution < -0.4 is 0 Å². The molecule has 1 fully saturated rings. The summed E-state index contributed by atoms with van der Waals surface area (Å²) in [4.78, 5) is 20.4. The molecular formula is C22H24N2O. The number of Topliss-reactive ketones (excluding diaryl/α,β-unsaturated/α-hetero) is 1. The van der Waals surface area contributed by atoms with E-state index in [1.807, 2.05) is 24.4 Å². The second-order valence-electron chi connectivity index (χ2n) is 7.15. The number of benzene rings is 1. The number of carbonyl (C=O) groups is 1. The van der Waals surface area contributed by atoms with Crippen LogP contribution in [0, 0.1) is 5.92 Å². The van der Waals surface area contributed by atoms with E-state index in [1.165, 1.54) is 32.1 Å². The molecule has 1 aromatic carbocycles. The molecule has 3 aromatic rings. The van der Waals surface area contributed by atoms with Crippen molar-refractivity contribution in [3.63, 3.8) is 0 Å². The van der Waals surface area contributed by atoms with Crippen LogP contribution in [0.25, 0.3) is 22.2 Å². The van der Waals surface area contributed by atoms with Crippen LogP contribution in [0.2, 0.25) is 0 Å². The van der Waals surface area contributed by atoms with E-state index in [9.17, 15) is 4.79 Å². The van der Waals surface area contributed by atoms with Crippen LogP contribution in [0.5, 0.6) is 0 Å². The Bertz CT molecular complexity index is 874. The number of H-pyrrole nitrogens is 1. The van der Waals surface area contributed by atoms with Crippen molar-refractivity contribution < 1.29 is 4.79 Å². The summed E-state index contributed by atoms with van der Waals surface area (Å²) in [6.45, 7) is 0.